The van der Waals surface area contributed by atoms with Crippen molar-refractivity contribution in [3.8, 4) is 0 Å². The van der Waals surface area contributed by atoms with Gasteiger partial charge in [0.25, 0.3) is 0 Å². The molecule has 4 nitrogen and oxygen atoms in total. The fourth-order valence-electron chi connectivity index (χ4n) is 1.96. The molecule has 0 N–H and O–H groups in total. The summed E-state index contributed by atoms with van der Waals surface area (Å²) in [4.78, 5) is 0. The summed E-state index contributed by atoms with van der Waals surface area (Å²) in [5.41, 5.74) is 0. The van der Waals surface area contributed by atoms with Crippen LogP contribution < -0.4 is 0 Å². The molecule has 0 bridgehead atoms. The molecular formula is C13H27O4P. The van der Waals surface area contributed by atoms with Gasteiger partial charge in [0, 0.05) is 0 Å². The van der Waals surface area contributed by atoms with Crippen LogP contribution in [0.2, 0.25) is 0 Å². The minimum atomic E-state index is -3.20. The normalized spacial score (nSPS) is 27.8. The molecule has 1 aliphatic rings. The molecule has 1 aliphatic heterocycles. The topological polar surface area (TPSA) is 44.8 Å². The average Bonchev–Trinajstić information content (AvgIpc) is 2.68. The lowest BCUT2D eigenvalue weighted by atomic mass is 10.1. The van der Waals surface area contributed by atoms with Crippen molar-refractivity contribution in [1.82, 2.24) is 0 Å². The van der Waals surface area contributed by atoms with E-state index in [0.29, 0.717) is 13.2 Å². The first-order valence-corrected chi connectivity index (χ1v) is 8.70. The Morgan fingerprint density at radius 1 is 1.11 bits per heavy atom. The second-order valence-corrected chi connectivity index (χ2v) is 6.59. The maximum absolute atomic E-state index is 11.8. The molecule has 1 rings (SSSR count). The predicted octanol–water partition coefficient (Wildman–Crippen LogP) is 4.69. The van der Waals surface area contributed by atoms with Crippen molar-refractivity contribution in [2.24, 2.45) is 0 Å². The van der Waals surface area contributed by atoms with E-state index in [1.54, 1.807) is 0 Å². The molecule has 0 saturated carbocycles. The summed E-state index contributed by atoms with van der Waals surface area (Å²) >= 11 is 0. The van der Waals surface area contributed by atoms with Crippen LogP contribution in [-0.4, -0.2) is 19.3 Å². The Morgan fingerprint density at radius 3 is 2.28 bits per heavy atom. The van der Waals surface area contributed by atoms with Gasteiger partial charge in [-0.05, 0) is 13.3 Å². The molecule has 1 saturated heterocycles. The van der Waals surface area contributed by atoms with E-state index >= 15 is 0 Å². The number of hydrogen-bond acceptors (Lipinski definition) is 4. The maximum atomic E-state index is 11.8. The molecule has 0 aromatic heterocycles. The first kappa shape index (κ1) is 16.2. The molecule has 2 unspecified atom stereocenters. The highest BCUT2D eigenvalue weighted by Gasteiger charge is 2.36. The molecule has 108 valence electrons. The number of phosphoric ester groups is 1. The molecule has 1 fully saturated rings. The first-order chi connectivity index (χ1) is 8.66. The highest BCUT2D eigenvalue weighted by atomic mass is 31.2. The number of unbranched alkanes of at least 4 members (excludes halogenated alkanes) is 7. The fraction of sp³-hybridized carbons (Fsp3) is 1.00. The average molecular weight is 278 g/mol. The third-order valence-electron chi connectivity index (χ3n) is 3.02. The lowest BCUT2D eigenvalue weighted by Crippen LogP contribution is -2.00. The first-order valence-electron chi connectivity index (χ1n) is 7.24. The van der Waals surface area contributed by atoms with Crippen molar-refractivity contribution in [2.45, 2.75) is 71.3 Å². The Kier molecular flexibility index (Phi) is 8.16. The van der Waals surface area contributed by atoms with E-state index in [-0.39, 0.29) is 6.10 Å². The second kappa shape index (κ2) is 9.08. The van der Waals surface area contributed by atoms with Gasteiger partial charge in [-0.25, -0.2) is 4.57 Å². The SMILES string of the molecule is CCCCCCCCCCOP1(=O)OCC(C)O1. The highest BCUT2D eigenvalue weighted by Crippen LogP contribution is 2.54. The summed E-state index contributed by atoms with van der Waals surface area (Å²) in [5.74, 6) is 0. The Bertz CT molecular complexity index is 257. The molecular weight excluding hydrogens is 251 g/mol. The van der Waals surface area contributed by atoms with Crippen LogP contribution in [0.4, 0.5) is 0 Å². The molecule has 0 amide bonds. The largest absolute Gasteiger partial charge is 0.475 e. The van der Waals surface area contributed by atoms with E-state index in [1.807, 2.05) is 6.92 Å². The van der Waals surface area contributed by atoms with Gasteiger partial charge in [0.1, 0.15) is 0 Å². The minimum Gasteiger partial charge on any atom is -0.287 e. The molecule has 5 heteroatoms. The predicted molar refractivity (Wildman–Crippen MR) is 72.7 cm³/mol. The summed E-state index contributed by atoms with van der Waals surface area (Å²) in [6.07, 6.45) is 9.78. The molecule has 1 heterocycles. The molecule has 0 aromatic carbocycles. The lowest BCUT2D eigenvalue weighted by molar-refractivity contribution is 0.175. The van der Waals surface area contributed by atoms with Gasteiger partial charge in [0.2, 0.25) is 0 Å². The summed E-state index contributed by atoms with van der Waals surface area (Å²) in [6, 6.07) is 0. The summed E-state index contributed by atoms with van der Waals surface area (Å²) in [5, 5.41) is 0. The van der Waals surface area contributed by atoms with Crippen molar-refractivity contribution in [2.75, 3.05) is 13.2 Å². The van der Waals surface area contributed by atoms with Gasteiger partial charge < -0.3 is 0 Å². The zero-order chi connectivity index (χ0) is 13.3. The van der Waals surface area contributed by atoms with Gasteiger partial charge in [-0.3, -0.25) is 13.6 Å². The van der Waals surface area contributed by atoms with Crippen LogP contribution in [-0.2, 0) is 18.1 Å². The standard InChI is InChI=1S/C13H27O4P/c1-3-4-5-6-7-8-9-10-11-15-18(14)16-12-13(2)17-18/h13H,3-12H2,1-2H3. The van der Waals surface area contributed by atoms with E-state index in [4.69, 9.17) is 13.6 Å². The van der Waals surface area contributed by atoms with Crippen LogP contribution in [0.5, 0.6) is 0 Å². The Hall–Kier alpha value is 0.110. The number of rotatable bonds is 10. The Labute approximate surface area is 111 Å². The van der Waals surface area contributed by atoms with Crippen LogP contribution in [0.15, 0.2) is 0 Å². The van der Waals surface area contributed by atoms with Crippen LogP contribution in [0.25, 0.3) is 0 Å². The third kappa shape index (κ3) is 6.89. The van der Waals surface area contributed by atoms with Crippen LogP contribution >= 0.6 is 7.82 Å². The monoisotopic (exact) mass is 278 g/mol. The van der Waals surface area contributed by atoms with Crippen molar-refractivity contribution in [3.05, 3.63) is 0 Å². The fourth-order valence-corrected chi connectivity index (χ4v) is 3.40. The van der Waals surface area contributed by atoms with Crippen molar-refractivity contribution >= 4 is 7.82 Å². The molecule has 0 spiro atoms. The van der Waals surface area contributed by atoms with E-state index in [1.165, 1.54) is 38.5 Å². The Morgan fingerprint density at radius 2 is 1.72 bits per heavy atom. The van der Waals surface area contributed by atoms with Crippen molar-refractivity contribution in [1.29, 1.82) is 0 Å². The zero-order valence-electron chi connectivity index (χ0n) is 11.7. The van der Waals surface area contributed by atoms with E-state index < -0.39 is 7.82 Å². The second-order valence-electron chi connectivity index (χ2n) is 4.97. The summed E-state index contributed by atoms with van der Waals surface area (Å²) < 4.78 is 27.1. The van der Waals surface area contributed by atoms with Crippen LogP contribution in [0.3, 0.4) is 0 Å². The molecule has 0 radical (unpaired) electrons. The molecule has 18 heavy (non-hydrogen) atoms. The van der Waals surface area contributed by atoms with Gasteiger partial charge in [-0.1, -0.05) is 51.9 Å². The lowest BCUT2D eigenvalue weighted by Gasteiger charge is -2.09. The third-order valence-corrected chi connectivity index (χ3v) is 4.61. The number of hydrogen-bond donors (Lipinski definition) is 0. The zero-order valence-corrected chi connectivity index (χ0v) is 12.6. The van der Waals surface area contributed by atoms with Crippen LogP contribution in [0, 0.1) is 0 Å². The minimum absolute atomic E-state index is 0.116. The van der Waals surface area contributed by atoms with Gasteiger partial charge >= 0.3 is 7.82 Å². The summed E-state index contributed by atoms with van der Waals surface area (Å²) in [6.45, 7) is 4.90. The van der Waals surface area contributed by atoms with Crippen molar-refractivity contribution < 1.29 is 18.1 Å². The van der Waals surface area contributed by atoms with E-state index in [0.717, 1.165) is 12.8 Å². The van der Waals surface area contributed by atoms with E-state index in [9.17, 15) is 4.57 Å². The van der Waals surface area contributed by atoms with Gasteiger partial charge in [0.05, 0.1) is 19.3 Å². The summed E-state index contributed by atoms with van der Waals surface area (Å²) in [7, 11) is -3.20. The maximum Gasteiger partial charge on any atom is 0.475 e. The van der Waals surface area contributed by atoms with Gasteiger partial charge in [-0.15, -0.1) is 0 Å². The number of phosphoric acid groups is 1. The quantitative estimate of drug-likeness (QED) is 0.429. The molecule has 0 aromatic rings. The van der Waals surface area contributed by atoms with Gasteiger partial charge in [0.15, 0.2) is 0 Å². The van der Waals surface area contributed by atoms with Crippen LogP contribution in [0.1, 0.15) is 65.2 Å². The van der Waals surface area contributed by atoms with E-state index in [2.05, 4.69) is 6.92 Å². The van der Waals surface area contributed by atoms with Crippen molar-refractivity contribution in [3.63, 3.8) is 0 Å². The molecule has 0 aliphatic carbocycles. The highest BCUT2D eigenvalue weighted by molar-refractivity contribution is 7.48. The molecule has 2 atom stereocenters. The Balaban J connectivity index is 1.88. The smallest absolute Gasteiger partial charge is 0.287 e. The van der Waals surface area contributed by atoms with Gasteiger partial charge in [-0.2, -0.15) is 0 Å².